The third kappa shape index (κ3) is 4.35. The molecule has 0 saturated heterocycles. The molecule has 0 fully saturated rings. The molecule has 2 aromatic carbocycles. The molecule has 0 spiro atoms. The van der Waals surface area contributed by atoms with Crippen molar-refractivity contribution in [1.29, 1.82) is 0 Å². The molecule has 1 aromatic heterocycles. The maximum absolute atomic E-state index is 12.1. The van der Waals surface area contributed by atoms with Crippen molar-refractivity contribution in [3.05, 3.63) is 62.7 Å². The fourth-order valence-corrected chi connectivity index (χ4v) is 3.07. The zero-order chi connectivity index (χ0) is 19.4. The van der Waals surface area contributed by atoms with Crippen molar-refractivity contribution in [2.24, 2.45) is 0 Å². The number of rotatable bonds is 6. The van der Waals surface area contributed by atoms with Gasteiger partial charge in [0.25, 0.3) is 0 Å². The minimum atomic E-state index is -0.596. The molecule has 9 heteroatoms. The third-order valence-corrected chi connectivity index (χ3v) is 4.59. The molecule has 0 aliphatic heterocycles. The number of esters is 1. The monoisotopic (exact) mass is 425 g/mol. The molecule has 0 saturated carbocycles. The molecule has 3 aromatic rings. The van der Waals surface area contributed by atoms with Crippen LogP contribution in [0, 0.1) is 0 Å². The molecular weight excluding hydrogens is 413 g/mol. The van der Waals surface area contributed by atoms with Gasteiger partial charge in [0.15, 0.2) is 5.69 Å². The molecule has 6 nitrogen and oxygen atoms in total. The lowest BCUT2D eigenvalue weighted by atomic mass is 10.1. The van der Waals surface area contributed by atoms with Gasteiger partial charge in [0.1, 0.15) is 18.1 Å². The normalized spacial score (nSPS) is 10.7. The van der Waals surface area contributed by atoms with Gasteiger partial charge in [0.2, 0.25) is 0 Å². The lowest BCUT2D eigenvalue weighted by Crippen LogP contribution is -2.07. The fraction of sp³-hybridized carbons (Fsp3) is 0.167. The van der Waals surface area contributed by atoms with E-state index in [0.29, 0.717) is 31.9 Å². The SMILES string of the molecule is CCOC(=O)c1n[nH]nc1-c1cc(Cl)ccc1OCc1c(Cl)cccc1Cl. The van der Waals surface area contributed by atoms with Crippen LogP contribution in [0.2, 0.25) is 15.1 Å². The first-order chi connectivity index (χ1) is 13.0. The van der Waals surface area contributed by atoms with Crippen molar-refractivity contribution < 1.29 is 14.3 Å². The number of aromatic amines is 1. The average molecular weight is 427 g/mol. The molecule has 1 N–H and O–H groups in total. The van der Waals surface area contributed by atoms with Crippen LogP contribution < -0.4 is 4.74 Å². The molecule has 27 heavy (non-hydrogen) atoms. The molecule has 0 radical (unpaired) electrons. The first kappa shape index (κ1) is 19.5. The van der Waals surface area contributed by atoms with Crippen LogP contribution in [0.3, 0.4) is 0 Å². The van der Waals surface area contributed by atoms with Crippen LogP contribution in [0.5, 0.6) is 5.75 Å². The second kappa shape index (κ2) is 8.61. The second-order valence-electron chi connectivity index (χ2n) is 5.37. The Hall–Kier alpha value is -2.28. The Kier molecular flexibility index (Phi) is 6.21. The smallest absolute Gasteiger partial charge is 0.361 e. The van der Waals surface area contributed by atoms with Crippen LogP contribution in [0.4, 0.5) is 0 Å². The molecule has 1 heterocycles. The summed E-state index contributed by atoms with van der Waals surface area (Å²) in [5.74, 6) is -0.156. The van der Waals surface area contributed by atoms with Gasteiger partial charge >= 0.3 is 5.97 Å². The van der Waals surface area contributed by atoms with E-state index in [1.54, 1.807) is 43.3 Å². The quantitative estimate of drug-likeness (QED) is 0.549. The van der Waals surface area contributed by atoms with Crippen molar-refractivity contribution in [1.82, 2.24) is 15.4 Å². The number of hydrogen-bond donors (Lipinski definition) is 1. The molecule has 0 amide bonds. The van der Waals surface area contributed by atoms with Gasteiger partial charge in [0, 0.05) is 26.2 Å². The zero-order valence-electron chi connectivity index (χ0n) is 14.1. The lowest BCUT2D eigenvalue weighted by Gasteiger charge is -2.13. The summed E-state index contributed by atoms with van der Waals surface area (Å²) in [6, 6.07) is 10.2. The maximum Gasteiger partial charge on any atom is 0.361 e. The number of nitrogens with one attached hydrogen (secondary N) is 1. The molecule has 0 aliphatic rings. The predicted molar refractivity (Wildman–Crippen MR) is 104 cm³/mol. The third-order valence-electron chi connectivity index (χ3n) is 3.65. The van der Waals surface area contributed by atoms with E-state index in [-0.39, 0.29) is 24.6 Å². The number of benzene rings is 2. The van der Waals surface area contributed by atoms with E-state index in [0.717, 1.165) is 0 Å². The number of hydrogen-bond acceptors (Lipinski definition) is 5. The minimum Gasteiger partial charge on any atom is -0.488 e. The largest absolute Gasteiger partial charge is 0.488 e. The van der Waals surface area contributed by atoms with E-state index < -0.39 is 5.97 Å². The molecule has 3 rings (SSSR count). The topological polar surface area (TPSA) is 77.1 Å². The minimum absolute atomic E-state index is 0.0414. The summed E-state index contributed by atoms with van der Waals surface area (Å²) in [5, 5.41) is 11.8. The number of nitrogens with zero attached hydrogens (tertiary/aromatic N) is 2. The Morgan fingerprint density at radius 1 is 1.11 bits per heavy atom. The number of H-pyrrole nitrogens is 1. The number of carbonyl (C=O) groups excluding carboxylic acids is 1. The van der Waals surface area contributed by atoms with E-state index in [1.807, 2.05) is 0 Å². The Morgan fingerprint density at radius 3 is 2.56 bits per heavy atom. The first-order valence-electron chi connectivity index (χ1n) is 7.94. The highest BCUT2D eigenvalue weighted by atomic mass is 35.5. The molecule has 0 aliphatic carbocycles. The second-order valence-corrected chi connectivity index (χ2v) is 6.62. The number of carbonyl (C=O) groups is 1. The summed E-state index contributed by atoms with van der Waals surface area (Å²) >= 11 is 18.5. The van der Waals surface area contributed by atoms with Crippen LogP contribution in [0.1, 0.15) is 23.0 Å². The van der Waals surface area contributed by atoms with Crippen LogP contribution in [0.15, 0.2) is 36.4 Å². The predicted octanol–water partition coefficient (Wildman–Crippen LogP) is 5.19. The van der Waals surface area contributed by atoms with E-state index >= 15 is 0 Å². The Bertz CT molecular complexity index is 955. The fourth-order valence-electron chi connectivity index (χ4n) is 2.39. The van der Waals surface area contributed by atoms with Gasteiger partial charge in [0.05, 0.1) is 6.61 Å². The van der Waals surface area contributed by atoms with Gasteiger partial charge in [-0.15, -0.1) is 5.10 Å². The van der Waals surface area contributed by atoms with Crippen LogP contribution >= 0.6 is 34.8 Å². The zero-order valence-corrected chi connectivity index (χ0v) is 16.4. The summed E-state index contributed by atoms with van der Waals surface area (Å²) in [6.45, 7) is 2.05. The molecule has 0 unspecified atom stereocenters. The van der Waals surface area contributed by atoms with Gasteiger partial charge in [-0.1, -0.05) is 40.9 Å². The standard InChI is InChI=1S/C18H14Cl3N3O3/c1-2-26-18(25)17-16(22-24-23-17)11-8-10(19)6-7-15(11)27-9-12-13(20)4-3-5-14(12)21/h3-8H,2,9H2,1H3,(H,22,23,24). The van der Waals surface area contributed by atoms with Crippen LogP contribution in [-0.2, 0) is 11.3 Å². The van der Waals surface area contributed by atoms with Crippen molar-refractivity contribution in [2.45, 2.75) is 13.5 Å². The maximum atomic E-state index is 12.1. The highest BCUT2D eigenvalue weighted by molar-refractivity contribution is 6.36. The summed E-state index contributed by atoms with van der Waals surface area (Å²) in [6.07, 6.45) is 0. The Balaban J connectivity index is 1.95. The highest BCUT2D eigenvalue weighted by Crippen LogP contribution is 2.34. The van der Waals surface area contributed by atoms with E-state index in [2.05, 4.69) is 15.4 Å². The van der Waals surface area contributed by atoms with Crippen molar-refractivity contribution in [2.75, 3.05) is 6.61 Å². The summed E-state index contributed by atoms with van der Waals surface area (Å²) in [7, 11) is 0. The van der Waals surface area contributed by atoms with Crippen molar-refractivity contribution in [3.63, 3.8) is 0 Å². The molecule has 140 valence electrons. The van der Waals surface area contributed by atoms with Gasteiger partial charge < -0.3 is 9.47 Å². The van der Waals surface area contributed by atoms with Crippen LogP contribution in [0.25, 0.3) is 11.3 Å². The summed E-state index contributed by atoms with van der Waals surface area (Å²) < 4.78 is 10.9. The summed E-state index contributed by atoms with van der Waals surface area (Å²) in [5.41, 5.74) is 1.45. The molecule has 0 bridgehead atoms. The van der Waals surface area contributed by atoms with E-state index in [4.69, 9.17) is 44.3 Å². The van der Waals surface area contributed by atoms with E-state index in [1.165, 1.54) is 0 Å². The number of aromatic nitrogens is 3. The van der Waals surface area contributed by atoms with E-state index in [9.17, 15) is 4.79 Å². The van der Waals surface area contributed by atoms with Gasteiger partial charge in [-0.2, -0.15) is 10.3 Å². The van der Waals surface area contributed by atoms with Crippen molar-refractivity contribution in [3.8, 4) is 17.0 Å². The van der Waals surface area contributed by atoms with Gasteiger partial charge in [-0.3, -0.25) is 0 Å². The highest BCUT2D eigenvalue weighted by Gasteiger charge is 2.22. The van der Waals surface area contributed by atoms with Gasteiger partial charge in [-0.25, -0.2) is 4.79 Å². The molecular formula is C18H14Cl3N3O3. The number of halogens is 3. The van der Waals surface area contributed by atoms with Crippen molar-refractivity contribution >= 4 is 40.8 Å². The van der Waals surface area contributed by atoms with Gasteiger partial charge in [-0.05, 0) is 37.3 Å². The lowest BCUT2D eigenvalue weighted by molar-refractivity contribution is 0.0520. The number of ether oxygens (including phenoxy) is 2. The first-order valence-corrected chi connectivity index (χ1v) is 9.08. The Labute approximate surface area is 170 Å². The average Bonchev–Trinajstić information content (AvgIpc) is 3.12. The Morgan fingerprint density at radius 2 is 1.85 bits per heavy atom. The molecule has 0 atom stereocenters. The van der Waals surface area contributed by atoms with Crippen LogP contribution in [-0.4, -0.2) is 28.0 Å². The summed E-state index contributed by atoms with van der Waals surface area (Å²) in [4.78, 5) is 12.1.